The molecule has 41 heavy (non-hydrogen) atoms. The molecule has 0 N–H and O–H groups in total. The molecular weight excluding hydrogens is 567 g/mol. The number of benzene rings is 1. The molecule has 0 saturated carbocycles. The summed E-state index contributed by atoms with van der Waals surface area (Å²) in [5, 5.41) is 0. The van der Waals surface area contributed by atoms with Gasteiger partial charge >= 0.3 is 0 Å². The smallest absolute Gasteiger partial charge is 0.297 e. The third-order valence-electron chi connectivity index (χ3n) is 4.97. The maximum absolute atomic E-state index is 12.0. The van der Waals surface area contributed by atoms with Crippen LogP contribution in [0.3, 0.4) is 0 Å². The van der Waals surface area contributed by atoms with Crippen molar-refractivity contribution < 1.29 is 59.6 Å². The number of rotatable bonds is 31. The Morgan fingerprint density at radius 1 is 0.463 bits per heavy atom. The monoisotopic (exact) mass is 614 g/mol. The lowest BCUT2D eigenvalue weighted by molar-refractivity contribution is -0.0255. The minimum atomic E-state index is -3.77. The van der Waals surface area contributed by atoms with Crippen LogP contribution in [0.25, 0.3) is 0 Å². The molecule has 0 fully saturated rings. The highest BCUT2D eigenvalue weighted by Gasteiger charge is 2.14. The number of hydrogen-bond donors (Lipinski definition) is 0. The normalized spacial score (nSPS) is 11.9. The van der Waals surface area contributed by atoms with E-state index < -0.39 is 16.8 Å². The van der Waals surface area contributed by atoms with Crippen molar-refractivity contribution in [2.75, 3.05) is 132 Å². The van der Waals surface area contributed by atoms with E-state index in [1.807, 2.05) is 6.92 Å². The van der Waals surface area contributed by atoms with E-state index in [-0.39, 0.29) is 24.7 Å². The Balaban J connectivity index is 1.71. The van der Waals surface area contributed by atoms with Gasteiger partial charge in [0.2, 0.25) is 0 Å². The van der Waals surface area contributed by atoms with Crippen molar-refractivity contribution in [2.45, 2.75) is 11.8 Å². The average molecular weight is 615 g/mol. The largest absolute Gasteiger partial charge is 0.377 e. The fourth-order valence-corrected chi connectivity index (χ4v) is 3.78. The molecule has 0 aliphatic carbocycles. The van der Waals surface area contributed by atoms with Gasteiger partial charge in [0.1, 0.15) is 6.67 Å². The van der Waals surface area contributed by atoms with Gasteiger partial charge in [0.15, 0.2) is 0 Å². The van der Waals surface area contributed by atoms with Crippen molar-refractivity contribution in [1.29, 1.82) is 0 Å². The Morgan fingerprint density at radius 2 is 0.732 bits per heavy atom. The van der Waals surface area contributed by atoms with Gasteiger partial charge in [-0.05, 0) is 19.1 Å². The lowest BCUT2D eigenvalue weighted by Gasteiger charge is -2.09. The number of hydrogen-bond acceptors (Lipinski definition) is 12. The van der Waals surface area contributed by atoms with Crippen LogP contribution >= 0.6 is 0 Å². The minimum absolute atomic E-state index is 0.0615. The fourth-order valence-electron chi connectivity index (χ4n) is 2.89. The van der Waals surface area contributed by atoms with Gasteiger partial charge in [0.05, 0.1) is 130 Å². The van der Waals surface area contributed by atoms with E-state index in [0.717, 1.165) is 5.56 Å². The summed E-state index contributed by atoms with van der Waals surface area (Å²) in [5.41, 5.74) is 0.973. The Bertz CT molecular complexity index is 798. The number of ether oxygens (including phenoxy) is 9. The van der Waals surface area contributed by atoms with Crippen molar-refractivity contribution in [3.63, 3.8) is 0 Å². The maximum Gasteiger partial charge on any atom is 0.297 e. The van der Waals surface area contributed by atoms with Gasteiger partial charge in [-0.2, -0.15) is 8.42 Å². The minimum Gasteiger partial charge on any atom is -0.377 e. The summed E-state index contributed by atoms with van der Waals surface area (Å²) in [7, 11) is -3.77. The molecule has 1 rings (SSSR count). The first-order valence-corrected chi connectivity index (χ1v) is 15.2. The Kier molecular flexibility index (Phi) is 25.3. The van der Waals surface area contributed by atoms with Crippen LogP contribution in [0.5, 0.6) is 0 Å². The van der Waals surface area contributed by atoms with Crippen LogP contribution in [0.15, 0.2) is 29.2 Å². The van der Waals surface area contributed by atoms with Crippen LogP contribution in [0, 0.1) is 6.92 Å². The summed E-state index contributed by atoms with van der Waals surface area (Å²) >= 11 is 0. The maximum atomic E-state index is 12.0. The van der Waals surface area contributed by atoms with E-state index >= 15 is 0 Å². The van der Waals surface area contributed by atoms with Gasteiger partial charge in [-0.1, -0.05) is 17.7 Å². The van der Waals surface area contributed by atoms with E-state index in [1.54, 1.807) is 12.1 Å². The second-order valence-corrected chi connectivity index (χ2v) is 9.90. The second-order valence-electron chi connectivity index (χ2n) is 8.29. The zero-order valence-electron chi connectivity index (χ0n) is 24.1. The van der Waals surface area contributed by atoms with Crippen LogP contribution in [0.2, 0.25) is 0 Å². The molecule has 12 nitrogen and oxygen atoms in total. The fraction of sp³-hybridized carbons (Fsp3) is 0.778. The zero-order valence-corrected chi connectivity index (χ0v) is 25.0. The zero-order chi connectivity index (χ0) is 29.7. The van der Waals surface area contributed by atoms with Crippen LogP contribution in [0.4, 0.5) is 4.39 Å². The van der Waals surface area contributed by atoms with Gasteiger partial charge in [0.25, 0.3) is 10.1 Å². The van der Waals surface area contributed by atoms with Crippen molar-refractivity contribution in [3.8, 4) is 0 Å². The summed E-state index contributed by atoms with van der Waals surface area (Å²) in [6, 6.07) is 6.47. The molecule has 14 heteroatoms. The van der Waals surface area contributed by atoms with E-state index in [9.17, 15) is 12.8 Å². The summed E-state index contributed by atoms with van der Waals surface area (Å²) in [6.45, 7) is 8.62. The second kappa shape index (κ2) is 27.5. The number of aryl methyl sites for hydroxylation is 1. The molecule has 0 radical (unpaired) electrons. The standard InChI is InChI=1S/C27H47FO12S/c1-26-2-4-27(5-3-26)41(29,30)40-25-24-39-23-22-38-21-20-37-19-18-36-17-16-35-15-14-34-13-12-33-11-10-32-9-8-31-7-6-28/h2-5H,6-25H2,1H3. The molecule has 0 spiro atoms. The predicted octanol–water partition coefficient (Wildman–Crippen LogP) is 1.82. The van der Waals surface area contributed by atoms with Gasteiger partial charge < -0.3 is 42.6 Å². The SMILES string of the molecule is Cc1ccc(S(=O)(=O)OCCOCCOCCOCCOCCOCCOCCOCCOCCOCCF)cc1. The van der Waals surface area contributed by atoms with E-state index in [1.165, 1.54) is 12.1 Å². The summed E-state index contributed by atoms with van der Waals surface area (Å²) < 4.78 is 88.8. The van der Waals surface area contributed by atoms with Crippen LogP contribution < -0.4 is 0 Å². The molecule has 0 aliphatic rings. The third-order valence-corrected chi connectivity index (χ3v) is 6.30. The first-order valence-electron chi connectivity index (χ1n) is 13.8. The lowest BCUT2D eigenvalue weighted by atomic mass is 10.2. The molecule has 0 bridgehead atoms. The lowest BCUT2D eigenvalue weighted by Crippen LogP contribution is -2.15. The summed E-state index contributed by atoms with van der Waals surface area (Å²) in [4.78, 5) is 0.125. The van der Waals surface area contributed by atoms with Crippen molar-refractivity contribution in [1.82, 2.24) is 0 Å². The first kappa shape index (κ1) is 37.7. The van der Waals surface area contributed by atoms with Crippen molar-refractivity contribution in [2.24, 2.45) is 0 Å². The van der Waals surface area contributed by atoms with E-state index in [4.69, 9.17) is 46.8 Å². The van der Waals surface area contributed by atoms with E-state index in [0.29, 0.717) is 106 Å². The Hall–Kier alpha value is -1.30. The number of halogens is 1. The molecular formula is C27H47FO12S. The topological polar surface area (TPSA) is 126 Å². The molecule has 0 unspecified atom stereocenters. The molecule has 1 aromatic carbocycles. The molecule has 240 valence electrons. The van der Waals surface area contributed by atoms with Gasteiger partial charge in [-0.25, -0.2) is 4.39 Å². The molecule has 0 amide bonds. The Morgan fingerprint density at radius 3 is 1.02 bits per heavy atom. The molecule has 0 heterocycles. The quantitative estimate of drug-likeness (QED) is 0.0895. The summed E-state index contributed by atoms with van der Waals surface area (Å²) in [5.74, 6) is 0. The van der Waals surface area contributed by atoms with Gasteiger partial charge in [-0.15, -0.1) is 0 Å². The third kappa shape index (κ3) is 23.9. The van der Waals surface area contributed by atoms with Gasteiger partial charge in [-0.3, -0.25) is 4.18 Å². The van der Waals surface area contributed by atoms with Crippen molar-refractivity contribution >= 4 is 10.1 Å². The summed E-state index contributed by atoms with van der Waals surface area (Å²) in [6.07, 6.45) is 0. The van der Waals surface area contributed by atoms with Crippen molar-refractivity contribution in [3.05, 3.63) is 29.8 Å². The number of alkyl halides is 1. The molecule has 0 aliphatic heterocycles. The highest BCUT2D eigenvalue weighted by Crippen LogP contribution is 2.12. The molecule has 0 saturated heterocycles. The highest BCUT2D eigenvalue weighted by molar-refractivity contribution is 7.86. The van der Waals surface area contributed by atoms with Crippen LogP contribution in [-0.2, 0) is 56.9 Å². The Labute approximate surface area is 243 Å². The van der Waals surface area contributed by atoms with Crippen LogP contribution in [0.1, 0.15) is 5.56 Å². The first-order chi connectivity index (χ1) is 20.1. The molecule has 0 atom stereocenters. The van der Waals surface area contributed by atoms with Crippen LogP contribution in [-0.4, -0.2) is 141 Å². The molecule has 1 aromatic rings. The predicted molar refractivity (Wildman–Crippen MR) is 148 cm³/mol. The molecule has 0 aromatic heterocycles. The van der Waals surface area contributed by atoms with E-state index in [2.05, 4.69) is 0 Å². The average Bonchev–Trinajstić information content (AvgIpc) is 2.96. The highest BCUT2D eigenvalue weighted by atomic mass is 32.2. The van der Waals surface area contributed by atoms with Gasteiger partial charge in [0, 0.05) is 0 Å².